The van der Waals surface area contributed by atoms with Gasteiger partial charge in [-0.15, -0.1) is 0 Å². The summed E-state index contributed by atoms with van der Waals surface area (Å²) in [6, 6.07) is 7.84. The fraction of sp³-hybridized carbons (Fsp3) is 0.0909. The van der Waals surface area contributed by atoms with Gasteiger partial charge in [-0.3, -0.25) is 0 Å². The summed E-state index contributed by atoms with van der Waals surface area (Å²) in [6.07, 6.45) is 1.64. The molecule has 0 atom stereocenters. The Bertz CT molecular complexity index is 497. The quantitative estimate of drug-likeness (QED) is 0.861. The number of aromatic nitrogens is 2. The van der Waals surface area contributed by atoms with Crippen LogP contribution in [0, 0.1) is 6.92 Å². The number of hydrogen-bond donors (Lipinski definition) is 1. The third-order valence-corrected chi connectivity index (χ3v) is 2.82. The Morgan fingerprint density at radius 3 is 2.67 bits per heavy atom. The average molecular weight is 264 g/mol. The van der Waals surface area contributed by atoms with E-state index in [4.69, 9.17) is 5.73 Å². The summed E-state index contributed by atoms with van der Waals surface area (Å²) in [4.78, 5) is 8.54. The fourth-order valence-corrected chi connectivity index (χ4v) is 1.71. The largest absolute Gasteiger partial charge is 0.396 e. The van der Waals surface area contributed by atoms with E-state index in [9.17, 15) is 0 Å². The normalized spacial score (nSPS) is 10.3. The van der Waals surface area contributed by atoms with E-state index in [1.54, 1.807) is 6.20 Å². The van der Waals surface area contributed by atoms with Gasteiger partial charge in [0.15, 0.2) is 5.82 Å². The first-order valence-electron chi connectivity index (χ1n) is 4.52. The molecule has 0 bridgehead atoms. The van der Waals surface area contributed by atoms with Crippen LogP contribution in [-0.2, 0) is 0 Å². The van der Waals surface area contributed by atoms with Crippen molar-refractivity contribution in [2.24, 2.45) is 0 Å². The van der Waals surface area contributed by atoms with Crippen molar-refractivity contribution in [3.63, 3.8) is 0 Å². The highest BCUT2D eigenvalue weighted by molar-refractivity contribution is 9.10. The molecule has 0 fully saturated rings. The van der Waals surface area contributed by atoms with Gasteiger partial charge >= 0.3 is 0 Å². The van der Waals surface area contributed by atoms with E-state index in [0.29, 0.717) is 11.5 Å². The second-order valence-electron chi connectivity index (χ2n) is 3.21. The number of nitrogen functional groups attached to an aromatic ring is 1. The minimum atomic E-state index is 0.616. The summed E-state index contributed by atoms with van der Waals surface area (Å²) in [5.74, 6) is 0.689. The highest BCUT2D eigenvalue weighted by Crippen LogP contribution is 2.25. The van der Waals surface area contributed by atoms with Gasteiger partial charge in [0, 0.05) is 10.0 Å². The molecule has 4 heteroatoms. The van der Waals surface area contributed by atoms with Gasteiger partial charge in [0.05, 0.1) is 17.6 Å². The Morgan fingerprint density at radius 2 is 2.00 bits per heavy atom. The molecule has 0 aliphatic carbocycles. The molecule has 0 aliphatic heterocycles. The first-order chi connectivity index (χ1) is 7.18. The number of halogens is 1. The average Bonchev–Trinajstić information content (AvgIpc) is 2.23. The predicted octanol–water partition coefficient (Wildman–Crippen LogP) is 2.80. The summed E-state index contributed by atoms with van der Waals surface area (Å²) in [5.41, 5.74) is 8.06. The van der Waals surface area contributed by atoms with Crippen LogP contribution in [0.25, 0.3) is 11.4 Å². The number of anilines is 1. The maximum atomic E-state index is 5.67. The molecule has 0 unspecified atom stereocenters. The standard InChI is InChI=1S/C11H10BrN3/c1-7-10(13)6-14-11(15-7)8-4-2-3-5-9(8)12/h2-6H,13H2,1H3. The van der Waals surface area contributed by atoms with E-state index in [1.165, 1.54) is 0 Å². The van der Waals surface area contributed by atoms with Crippen molar-refractivity contribution < 1.29 is 0 Å². The van der Waals surface area contributed by atoms with Crippen LogP contribution in [0.15, 0.2) is 34.9 Å². The Kier molecular flexibility index (Phi) is 2.68. The van der Waals surface area contributed by atoms with E-state index in [1.807, 2.05) is 31.2 Å². The molecule has 2 rings (SSSR count). The van der Waals surface area contributed by atoms with Gasteiger partial charge in [-0.1, -0.05) is 34.1 Å². The molecule has 0 saturated carbocycles. The minimum Gasteiger partial charge on any atom is -0.396 e. The molecule has 2 N–H and O–H groups in total. The summed E-state index contributed by atoms with van der Waals surface area (Å²) < 4.78 is 0.981. The zero-order valence-electron chi connectivity index (χ0n) is 8.24. The molecule has 1 aromatic heterocycles. The molecule has 0 aliphatic rings. The number of rotatable bonds is 1. The van der Waals surface area contributed by atoms with Gasteiger partial charge in [-0.2, -0.15) is 0 Å². The maximum absolute atomic E-state index is 5.67. The Balaban J connectivity index is 2.55. The summed E-state index contributed by atoms with van der Waals surface area (Å²) >= 11 is 3.46. The van der Waals surface area contributed by atoms with Crippen molar-refractivity contribution >= 4 is 21.6 Å². The molecule has 2 aromatic rings. The van der Waals surface area contributed by atoms with Crippen LogP contribution in [0.2, 0.25) is 0 Å². The smallest absolute Gasteiger partial charge is 0.160 e. The van der Waals surface area contributed by atoms with Crippen LogP contribution >= 0.6 is 15.9 Å². The van der Waals surface area contributed by atoms with Crippen molar-refractivity contribution in [3.05, 3.63) is 40.6 Å². The monoisotopic (exact) mass is 263 g/mol. The van der Waals surface area contributed by atoms with E-state index in [2.05, 4.69) is 25.9 Å². The van der Waals surface area contributed by atoms with Crippen LogP contribution in [0.5, 0.6) is 0 Å². The highest BCUT2D eigenvalue weighted by Gasteiger charge is 2.06. The molecular formula is C11H10BrN3. The number of aryl methyl sites for hydroxylation is 1. The molecule has 15 heavy (non-hydrogen) atoms. The second kappa shape index (κ2) is 3.98. The minimum absolute atomic E-state index is 0.616. The lowest BCUT2D eigenvalue weighted by molar-refractivity contribution is 1.12. The summed E-state index contributed by atoms with van der Waals surface area (Å²) in [5, 5.41) is 0. The van der Waals surface area contributed by atoms with Crippen molar-refractivity contribution in [1.29, 1.82) is 0 Å². The highest BCUT2D eigenvalue weighted by atomic mass is 79.9. The lowest BCUT2D eigenvalue weighted by atomic mass is 10.2. The van der Waals surface area contributed by atoms with Gasteiger partial charge in [0.25, 0.3) is 0 Å². The molecule has 0 spiro atoms. The number of nitrogens with two attached hydrogens (primary N) is 1. The van der Waals surface area contributed by atoms with E-state index in [-0.39, 0.29) is 0 Å². The zero-order valence-corrected chi connectivity index (χ0v) is 9.82. The molecule has 0 radical (unpaired) electrons. The first kappa shape index (κ1) is 10.1. The number of nitrogens with zero attached hydrogens (tertiary/aromatic N) is 2. The van der Waals surface area contributed by atoms with Crippen molar-refractivity contribution in [2.45, 2.75) is 6.92 Å². The molecule has 76 valence electrons. The zero-order chi connectivity index (χ0) is 10.8. The van der Waals surface area contributed by atoms with Crippen LogP contribution in [0.1, 0.15) is 5.69 Å². The maximum Gasteiger partial charge on any atom is 0.160 e. The summed E-state index contributed by atoms with van der Waals surface area (Å²) in [6.45, 7) is 1.87. The van der Waals surface area contributed by atoms with Gasteiger partial charge in [-0.25, -0.2) is 9.97 Å². The second-order valence-corrected chi connectivity index (χ2v) is 4.07. The lowest BCUT2D eigenvalue weighted by Crippen LogP contribution is -1.97. The molecule has 1 aromatic carbocycles. The molecule has 0 saturated heterocycles. The topological polar surface area (TPSA) is 51.8 Å². The Hall–Kier alpha value is -1.42. The predicted molar refractivity (Wildman–Crippen MR) is 64.3 cm³/mol. The van der Waals surface area contributed by atoms with Crippen molar-refractivity contribution in [2.75, 3.05) is 5.73 Å². The Labute approximate surface area is 96.5 Å². The summed E-state index contributed by atoms with van der Waals surface area (Å²) in [7, 11) is 0. The molecule has 0 amide bonds. The fourth-order valence-electron chi connectivity index (χ4n) is 1.25. The molecular weight excluding hydrogens is 254 g/mol. The van der Waals surface area contributed by atoms with Gasteiger partial charge in [0.2, 0.25) is 0 Å². The van der Waals surface area contributed by atoms with E-state index < -0.39 is 0 Å². The SMILES string of the molecule is Cc1nc(-c2ccccc2Br)ncc1N. The van der Waals surface area contributed by atoms with Crippen LogP contribution in [0.3, 0.4) is 0 Å². The Morgan fingerprint density at radius 1 is 1.27 bits per heavy atom. The number of hydrogen-bond acceptors (Lipinski definition) is 3. The number of benzene rings is 1. The van der Waals surface area contributed by atoms with Gasteiger partial charge in [-0.05, 0) is 13.0 Å². The van der Waals surface area contributed by atoms with E-state index in [0.717, 1.165) is 15.7 Å². The van der Waals surface area contributed by atoms with Crippen LogP contribution in [0.4, 0.5) is 5.69 Å². The van der Waals surface area contributed by atoms with Crippen LogP contribution < -0.4 is 5.73 Å². The first-order valence-corrected chi connectivity index (χ1v) is 5.32. The van der Waals surface area contributed by atoms with Crippen molar-refractivity contribution in [1.82, 2.24) is 9.97 Å². The molecule has 3 nitrogen and oxygen atoms in total. The van der Waals surface area contributed by atoms with Crippen molar-refractivity contribution in [3.8, 4) is 11.4 Å². The molecule has 1 heterocycles. The van der Waals surface area contributed by atoms with Gasteiger partial charge < -0.3 is 5.73 Å². The van der Waals surface area contributed by atoms with Crippen LogP contribution in [-0.4, -0.2) is 9.97 Å². The van der Waals surface area contributed by atoms with E-state index >= 15 is 0 Å². The third-order valence-electron chi connectivity index (χ3n) is 2.13. The lowest BCUT2D eigenvalue weighted by Gasteiger charge is -2.04. The van der Waals surface area contributed by atoms with Gasteiger partial charge in [0.1, 0.15) is 0 Å². The third kappa shape index (κ3) is 1.99.